The van der Waals surface area contributed by atoms with Crippen molar-refractivity contribution in [3.63, 3.8) is 0 Å². The summed E-state index contributed by atoms with van der Waals surface area (Å²) in [5.74, 6) is 1.12. The lowest BCUT2D eigenvalue weighted by molar-refractivity contribution is 0.0946. The number of halogens is 1. The maximum atomic E-state index is 12.3. The Kier molecular flexibility index (Phi) is 7.74. The number of nitrogens with one attached hydrogen (secondary N) is 2. The number of benzene rings is 1. The van der Waals surface area contributed by atoms with E-state index in [0.29, 0.717) is 24.5 Å². The minimum absolute atomic E-state index is 0. The van der Waals surface area contributed by atoms with Crippen molar-refractivity contribution in [2.24, 2.45) is 0 Å². The SMILES string of the molecule is CNC(C)CNC(=O)c1ccccc1OCc1c(C)noc1C.Cl. The van der Waals surface area contributed by atoms with Gasteiger partial charge in [0.1, 0.15) is 18.1 Å². The third-order valence-electron chi connectivity index (χ3n) is 3.75. The number of aromatic nitrogens is 1. The molecule has 1 amide bonds. The zero-order valence-corrected chi connectivity index (χ0v) is 15.2. The van der Waals surface area contributed by atoms with E-state index in [4.69, 9.17) is 9.26 Å². The molecule has 1 atom stereocenters. The van der Waals surface area contributed by atoms with Crippen LogP contribution in [-0.4, -0.2) is 30.7 Å². The number of rotatable bonds is 7. The molecule has 0 saturated heterocycles. The Morgan fingerprint density at radius 2 is 2.04 bits per heavy atom. The monoisotopic (exact) mass is 353 g/mol. The van der Waals surface area contributed by atoms with Crippen LogP contribution in [-0.2, 0) is 6.61 Å². The molecule has 1 unspecified atom stereocenters. The predicted octanol–water partition coefficient (Wildman–Crippen LogP) is 2.63. The van der Waals surface area contributed by atoms with Gasteiger partial charge in [-0.15, -0.1) is 12.4 Å². The Morgan fingerprint density at radius 1 is 1.33 bits per heavy atom. The summed E-state index contributed by atoms with van der Waals surface area (Å²) < 4.78 is 10.9. The fourth-order valence-electron chi connectivity index (χ4n) is 2.08. The first-order chi connectivity index (χ1) is 11.0. The molecule has 1 heterocycles. The summed E-state index contributed by atoms with van der Waals surface area (Å²) >= 11 is 0. The van der Waals surface area contributed by atoms with Gasteiger partial charge in [0.05, 0.1) is 16.8 Å². The molecule has 2 aromatic rings. The van der Waals surface area contributed by atoms with E-state index in [1.54, 1.807) is 12.1 Å². The van der Waals surface area contributed by atoms with E-state index >= 15 is 0 Å². The highest BCUT2D eigenvalue weighted by atomic mass is 35.5. The summed E-state index contributed by atoms with van der Waals surface area (Å²) in [5.41, 5.74) is 2.22. The molecule has 0 spiro atoms. The number of hydrogen-bond donors (Lipinski definition) is 2. The highest BCUT2D eigenvalue weighted by Crippen LogP contribution is 2.21. The molecule has 2 N–H and O–H groups in total. The number of carbonyl (C=O) groups excluding carboxylic acids is 1. The van der Waals surface area contributed by atoms with Crippen LogP contribution in [0.1, 0.15) is 34.3 Å². The van der Waals surface area contributed by atoms with Crippen molar-refractivity contribution in [3.8, 4) is 5.75 Å². The maximum Gasteiger partial charge on any atom is 0.255 e. The molecule has 0 fully saturated rings. The van der Waals surface area contributed by atoms with E-state index in [-0.39, 0.29) is 24.4 Å². The summed E-state index contributed by atoms with van der Waals surface area (Å²) in [5, 5.41) is 9.88. The van der Waals surface area contributed by atoms with Gasteiger partial charge in [-0.1, -0.05) is 17.3 Å². The Labute approximate surface area is 148 Å². The number of aryl methyl sites for hydroxylation is 2. The lowest BCUT2D eigenvalue weighted by atomic mass is 10.1. The minimum Gasteiger partial charge on any atom is -0.488 e. The van der Waals surface area contributed by atoms with E-state index < -0.39 is 0 Å². The summed E-state index contributed by atoms with van der Waals surface area (Å²) in [7, 11) is 1.86. The van der Waals surface area contributed by atoms with Gasteiger partial charge in [0.25, 0.3) is 5.91 Å². The van der Waals surface area contributed by atoms with Crippen LogP contribution in [0.25, 0.3) is 0 Å². The number of ether oxygens (including phenoxy) is 1. The molecule has 132 valence electrons. The molecule has 1 aromatic carbocycles. The van der Waals surface area contributed by atoms with Gasteiger partial charge in [0, 0.05) is 12.6 Å². The van der Waals surface area contributed by atoms with Crippen LogP contribution < -0.4 is 15.4 Å². The summed E-state index contributed by atoms with van der Waals surface area (Å²) in [4.78, 5) is 12.3. The number of carbonyl (C=O) groups is 1. The van der Waals surface area contributed by atoms with E-state index in [1.807, 2.05) is 40.0 Å². The lowest BCUT2D eigenvalue weighted by Crippen LogP contribution is -2.37. The van der Waals surface area contributed by atoms with Gasteiger partial charge in [-0.05, 0) is 40.0 Å². The highest BCUT2D eigenvalue weighted by molar-refractivity contribution is 5.96. The second kappa shape index (κ2) is 9.30. The molecule has 7 heteroatoms. The van der Waals surface area contributed by atoms with Crippen LogP contribution in [0, 0.1) is 13.8 Å². The van der Waals surface area contributed by atoms with Crippen LogP contribution >= 0.6 is 12.4 Å². The minimum atomic E-state index is -0.151. The Balaban J connectivity index is 0.00000288. The molecule has 0 aliphatic rings. The second-order valence-electron chi connectivity index (χ2n) is 5.49. The largest absolute Gasteiger partial charge is 0.488 e. The number of amides is 1. The number of likely N-dealkylation sites (N-methyl/N-ethyl adjacent to an activating group) is 1. The van der Waals surface area contributed by atoms with Crippen molar-refractivity contribution < 1.29 is 14.1 Å². The third-order valence-corrected chi connectivity index (χ3v) is 3.75. The average Bonchev–Trinajstić information content (AvgIpc) is 2.89. The first-order valence-electron chi connectivity index (χ1n) is 7.62. The highest BCUT2D eigenvalue weighted by Gasteiger charge is 2.15. The van der Waals surface area contributed by atoms with Crippen molar-refractivity contribution in [2.45, 2.75) is 33.4 Å². The second-order valence-corrected chi connectivity index (χ2v) is 5.49. The lowest BCUT2D eigenvalue weighted by Gasteiger charge is -2.14. The van der Waals surface area contributed by atoms with Crippen molar-refractivity contribution in [1.29, 1.82) is 0 Å². The van der Waals surface area contributed by atoms with Crippen molar-refractivity contribution in [1.82, 2.24) is 15.8 Å². The van der Waals surface area contributed by atoms with Gasteiger partial charge >= 0.3 is 0 Å². The molecule has 0 saturated carbocycles. The molecule has 0 aliphatic carbocycles. The summed E-state index contributed by atoms with van der Waals surface area (Å²) in [6.07, 6.45) is 0. The number of para-hydroxylation sites is 1. The fraction of sp³-hybridized carbons (Fsp3) is 0.412. The molecule has 2 rings (SSSR count). The normalized spacial score (nSPS) is 11.5. The van der Waals surface area contributed by atoms with Crippen molar-refractivity contribution in [3.05, 3.63) is 46.8 Å². The average molecular weight is 354 g/mol. The Hall–Kier alpha value is -2.05. The number of nitrogens with zero attached hydrogens (tertiary/aromatic N) is 1. The van der Waals surface area contributed by atoms with E-state index in [9.17, 15) is 4.79 Å². The molecule has 24 heavy (non-hydrogen) atoms. The summed E-state index contributed by atoms with van der Waals surface area (Å²) in [6.45, 7) is 6.58. The maximum absolute atomic E-state index is 12.3. The fourth-order valence-corrected chi connectivity index (χ4v) is 2.08. The van der Waals surface area contributed by atoms with Gasteiger partial charge < -0.3 is 19.9 Å². The van der Waals surface area contributed by atoms with Crippen LogP contribution in [0.3, 0.4) is 0 Å². The summed E-state index contributed by atoms with van der Waals surface area (Å²) in [6, 6.07) is 7.40. The van der Waals surface area contributed by atoms with E-state index in [1.165, 1.54) is 0 Å². The van der Waals surface area contributed by atoms with Crippen LogP contribution in [0.2, 0.25) is 0 Å². The Morgan fingerprint density at radius 3 is 2.67 bits per heavy atom. The molecular formula is C17H24ClN3O3. The zero-order valence-electron chi connectivity index (χ0n) is 14.4. The van der Waals surface area contributed by atoms with Crippen molar-refractivity contribution in [2.75, 3.05) is 13.6 Å². The van der Waals surface area contributed by atoms with Gasteiger partial charge in [0.2, 0.25) is 0 Å². The van der Waals surface area contributed by atoms with E-state index in [0.717, 1.165) is 17.0 Å². The van der Waals surface area contributed by atoms with Crippen LogP contribution in [0.4, 0.5) is 0 Å². The van der Waals surface area contributed by atoms with Gasteiger partial charge in [-0.25, -0.2) is 0 Å². The first kappa shape index (κ1) is 20.0. The van der Waals surface area contributed by atoms with Crippen LogP contribution in [0.15, 0.2) is 28.8 Å². The number of hydrogen-bond acceptors (Lipinski definition) is 5. The molecule has 0 bridgehead atoms. The quantitative estimate of drug-likeness (QED) is 0.800. The Bertz CT molecular complexity index is 653. The molecule has 0 radical (unpaired) electrons. The van der Waals surface area contributed by atoms with Gasteiger partial charge in [0.15, 0.2) is 0 Å². The molecular weight excluding hydrogens is 330 g/mol. The third kappa shape index (κ3) is 4.97. The van der Waals surface area contributed by atoms with Crippen molar-refractivity contribution >= 4 is 18.3 Å². The molecule has 1 aromatic heterocycles. The molecule has 6 nitrogen and oxygen atoms in total. The topological polar surface area (TPSA) is 76.4 Å². The predicted molar refractivity (Wildman–Crippen MR) is 94.9 cm³/mol. The van der Waals surface area contributed by atoms with Crippen LogP contribution in [0.5, 0.6) is 5.75 Å². The smallest absolute Gasteiger partial charge is 0.255 e. The zero-order chi connectivity index (χ0) is 16.8. The molecule has 0 aliphatic heterocycles. The van der Waals surface area contributed by atoms with Gasteiger partial charge in [-0.2, -0.15) is 0 Å². The first-order valence-corrected chi connectivity index (χ1v) is 7.62. The standard InChI is InChI=1S/C17H23N3O3.ClH/c1-11(18-4)9-19-17(21)14-7-5-6-8-16(14)22-10-15-12(2)20-23-13(15)3;/h5-8,11,18H,9-10H2,1-4H3,(H,19,21);1H. The van der Waals surface area contributed by atoms with Gasteiger partial charge in [-0.3, -0.25) is 4.79 Å². The van der Waals surface area contributed by atoms with E-state index in [2.05, 4.69) is 15.8 Å².